The van der Waals surface area contributed by atoms with Crippen LogP contribution in [0.25, 0.3) is 0 Å². The van der Waals surface area contributed by atoms with Crippen LogP contribution in [0.15, 0.2) is 48.5 Å². The molecule has 0 aliphatic carbocycles. The molecule has 4 rings (SSSR count). The molecule has 1 N–H and O–H groups in total. The van der Waals surface area contributed by atoms with Crippen molar-refractivity contribution in [1.82, 2.24) is 15.1 Å². The number of nitrogens with zero attached hydrogens (tertiary/aromatic N) is 2. The van der Waals surface area contributed by atoms with Gasteiger partial charge in [-0.1, -0.05) is 24.3 Å². The zero-order valence-electron chi connectivity index (χ0n) is 16.6. The van der Waals surface area contributed by atoms with Gasteiger partial charge in [0.25, 0.3) is 5.91 Å². The second-order valence-corrected chi connectivity index (χ2v) is 7.80. The highest BCUT2D eigenvalue weighted by atomic mass is 19.1. The lowest BCUT2D eigenvalue weighted by Crippen LogP contribution is -2.60. The van der Waals surface area contributed by atoms with Gasteiger partial charge in [0, 0.05) is 25.2 Å². The van der Waals surface area contributed by atoms with E-state index in [1.165, 1.54) is 12.1 Å². The Kier molecular flexibility index (Phi) is 5.79. The Balaban J connectivity index is 1.35. The van der Waals surface area contributed by atoms with E-state index in [4.69, 9.17) is 0 Å². The fourth-order valence-corrected chi connectivity index (χ4v) is 4.08. The van der Waals surface area contributed by atoms with Crippen LogP contribution in [0.2, 0.25) is 0 Å². The summed E-state index contributed by atoms with van der Waals surface area (Å²) in [5, 5.41) is 2.77. The summed E-state index contributed by atoms with van der Waals surface area (Å²) in [5.41, 5.74) is 2.03. The van der Waals surface area contributed by atoms with Crippen molar-refractivity contribution in [3.63, 3.8) is 0 Å². The van der Waals surface area contributed by atoms with Gasteiger partial charge >= 0.3 is 0 Å². The van der Waals surface area contributed by atoms with Crippen molar-refractivity contribution in [2.45, 2.75) is 38.4 Å². The van der Waals surface area contributed by atoms with Crippen molar-refractivity contribution in [3.8, 4) is 0 Å². The second-order valence-electron chi connectivity index (χ2n) is 7.80. The van der Waals surface area contributed by atoms with Crippen LogP contribution in [-0.4, -0.2) is 46.7 Å². The maximum atomic E-state index is 13.2. The van der Waals surface area contributed by atoms with Gasteiger partial charge in [0.15, 0.2) is 0 Å². The molecule has 6 nitrogen and oxygen atoms in total. The number of fused-ring (bicyclic) bond motifs is 1. The molecule has 2 aromatic carbocycles. The Labute approximate surface area is 174 Å². The summed E-state index contributed by atoms with van der Waals surface area (Å²) in [6.45, 7) is 1.36. The van der Waals surface area contributed by atoms with E-state index in [1.54, 1.807) is 46.2 Å². The third-order valence-corrected chi connectivity index (χ3v) is 5.68. The Morgan fingerprint density at radius 1 is 1.07 bits per heavy atom. The molecular weight excluding hydrogens is 385 g/mol. The van der Waals surface area contributed by atoms with Crippen molar-refractivity contribution >= 4 is 17.7 Å². The molecule has 0 spiro atoms. The van der Waals surface area contributed by atoms with E-state index in [9.17, 15) is 18.8 Å². The first kappa shape index (κ1) is 20.1. The molecule has 3 amide bonds. The normalized spacial score (nSPS) is 18.9. The summed E-state index contributed by atoms with van der Waals surface area (Å²) in [7, 11) is 0. The minimum absolute atomic E-state index is 0.00575. The molecule has 2 fully saturated rings. The van der Waals surface area contributed by atoms with Gasteiger partial charge in [-0.05, 0) is 54.7 Å². The van der Waals surface area contributed by atoms with Gasteiger partial charge in [-0.25, -0.2) is 4.39 Å². The van der Waals surface area contributed by atoms with Crippen LogP contribution in [0.4, 0.5) is 4.39 Å². The molecule has 2 aliphatic heterocycles. The Bertz CT molecular complexity index is 960. The van der Waals surface area contributed by atoms with Crippen molar-refractivity contribution < 1.29 is 18.8 Å². The minimum Gasteiger partial charge on any atom is -0.348 e. The molecule has 2 saturated heterocycles. The van der Waals surface area contributed by atoms with Gasteiger partial charge in [-0.3, -0.25) is 14.4 Å². The van der Waals surface area contributed by atoms with E-state index < -0.39 is 0 Å². The summed E-state index contributed by atoms with van der Waals surface area (Å²) in [6, 6.07) is 12.7. The Morgan fingerprint density at radius 3 is 2.63 bits per heavy atom. The molecule has 0 bridgehead atoms. The van der Waals surface area contributed by atoms with Gasteiger partial charge in [0.05, 0.1) is 0 Å². The molecular formula is C23H24FN3O3. The van der Waals surface area contributed by atoms with Gasteiger partial charge in [0.1, 0.15) is 18.4 Å². The van der Waals surface area contributed by atoms with E-state index in [1.807, 2.05) is 0 Å². The largest absolute Gasteiger partial charge is 0.348 e. The molecule has 2 aliphatic rings. The van der Waals surface area contributed by atoms with Crippen LogP contribution in [0.1, 0.15) is 40.7 Å². The first-order valence-corrected chi connectivity index (χ1v) is 10.2. The van der Waals surface area contributed by atoms with Gasteiger partial charge in [-0.15, -0.1) is 0 Å². The Hall–Kier alpha value is -3.22. The van der Waals surface area contributed by atoms with Crippen molar-refractivity contribution in [1.29, 1.82) is 0 Å². The topological polar surface area (TPSA) is 69.7 Å². The average molecular weight is 409 g/mol. The lowest BCUT2D eigenvalue weighted by molar-refractivity contribution is -0.158. The van der Waals surface area contributed by atoms with E-state index >= 15 is 0 Å². The van der Waals surface area contributed by atoms with E-state index in [2.05, 4.69) is 5.32 Å². The zero-order valence-corrected chi connectivity index (χ0v) is 16.6. The number of amides is 3. The fraction of sp³-hybridized carbons (Fsp3) is 0.348. The lowest BCUT2D eigenvalue weighted by atomic mass is 9.98. The summed E-state index contributed by atoms with van der Waals surface area (Å²) < 4.78 is 13.2. The van der Waals surface area contributed by atoms with E-state index in [-0.39, 0.29) is 42.7 Å². The number of hydrogen-bond acceptors (Lipinski definition) is 3. The Morgan fingerprint density at radius 2 is 1.87 bits per heavy atom. The van der Waals surface area contributed by atoms with Crippen molar-refractivity contribution in [2.75, 3.05) is 13.1 Å². The molecule has 30 heavy (non-hydrogen) atoms. The number of hydrogen-bond donors (Lipinski definition) is 1. The highest BCUT2D eigenvalue weighted by Crippen LogP contribution is 2.24. The molecule has 0 unspecified atom stereocenters. The number of carbonyl (C=O) groups excluding carboxylic acids is 3. The van der Waals surface area contributed by atoms with Crippen LogP contribution >= 0.6 is 0 Å². The molecule has 0 saturated carbocycles. The molecule has 2 aromatic rings. The average Bonchev–Trinajstić information content (AvgIpc) is 2.76. The van der Waals surface area contributed by atoms with Gasteiger partial charge in [0.2, 0.25) is 11.8 Å². The number of benzene rings is 2. The smallest absolute Gasteiger partial charge is 0.251 e. The third kappa shape index (κ3) is 4.35. The zero-order chi connectivity index (χ0) is 21.1. The summed E-state index contributed by atoms with van der Waals surface area (Å²) in [6.07, 6.45) is 2.65. The quantitative estimate of drug-likeness (QED) is 0.825. The summed E-state index contributed by atoms with van der Waals surface area (Å²) in [5.74, 6) is -0.583. The lowest BCUT2D eigenvalue weighted by Gasteiger charge is -2.42. The maximum Gasteiger partial charge on any atom is 0.251 e. The minimum atomic E-state index is -0.340. The number of piperidine rings is 1. The van der Waals surface area contributed by atoms with Crippen LogP contribution in [-0.2, 0) is 22.7 Å². The van der Waals surface area contributed by atoms with E-state index in [0.717, 1.165) is 24.8 Å². The van der Waals surface area contributed by atoms with Crippen LogP contribution in [0.3, 0.4) is 0 Å². The fourth-order valence-electron chi connectivity index (χ4n) is 4.08. The van der Waals surface area contributed by atoms with Crippen molar-refractivity contribution in [3.05, 3.63) is 71.0 Å². The SMILES string of the molecule is O=C(NCc1cccc(F)c1)c1ccc(CN2CC(=O)N3CCCC[C@H]3C2=O)cc1. The van der Waals surface area contributed by atoms with Gasteiger partial charge < -0.3 is 15.1 Å². The molecule has 156 valence electrons. The van der Waals surface area contributed by atoms with Crippen LogP contribution in [0, 0.1) is 5.82 Å². The highest BCUT2D eigenvalue weighted by Gasteiger charge is 2.40. The van der Waals surface area contributed by atoms with Crippen LogP contribution in [0.5, 0.6) is 0 Å². The molecule has 0 radical (unpaired) electrons. The molecule has 1 atom stereocenters. The predicted octanol–water partition coefficient (Wildman–Crippen LogP) is 2.48. The number of halogens is 1. The number of carbonyl (C=O) groups is 3. The van der Waals surface area contributed by atoms with Gasteiger partial charge in [-0.2, -0.15) is 0 Å². The second kappa shape index (κ2) is 8.65. The highest BCUT2D eigenvalue weighted by molar-refractivity contribution is 5.95. The van der Waals surface area contributed by atoms with Crippen LogP contribution < -0.4 is 5.32 Å². The van der Waals surface area contributed by atoms with E-state index in [0.29, 0.717) is 24.2 Å². The standard InChI is InChI=1S/C23H24FN3O3/c24-19-5-3-4-17(12-19)13-25-22(29)18-9-7-16(8-10-18)14-26-15-21(28)27-11-2-1-6-20(27)23(26)30/h3-5,7-10,12,20H,1-2,6,11,13-15H2,(H,25,29)/t20-/m0/s1. The number of rotatable bonds is 5. The number of piperazine rings is 1. The molecule has 2 heterocycles. The summed E-state index contributed by atoms with van der Waals surface area (Å²) >= 11 is 0. The number of nitrogens with one attached hydrogen (secondary N) is 1. The predicted molar refractivity (Wildman–Crippen MR) is 109 cm³/mol. The maximum absolute atomic E-state index is 13.2. The molecule has 7 heteroatoms. The summed E-state index contributed by atoms with van der Waals surface area (Å²) in [4.78, 5) is 40.8. The van der Waals surface area contributed by atoms with Crippen molar-refractivity contribution in [2.24, 2.45) is 0 Å². The first-order valence-electron chi connectivity index (χ1n) is 10.2. The molecule has 0 aromatic heterocycles. The third-order valence-electron chi connectivity index (χ3n) is 5.68. The first-order chi connectivity index (χ1) is 14.5. The monoisotopic (exact) mass is 409 g/mol.